The van der Waals surface area contributed by atoms with Crippen molar-refractivity contribution >= 4 is 16.1 Å². The van der Waals surface area contributed by atoms with Gasteiger partial charge in [-0.3, -0.25) is 5.43 Å². The van der Waals surface area contributed by atoms with Crippen LogP contribution in [0.4, 0.5) is 4.79 Å². The number of carbonyl (C=O) groups excluding carboxylic acids is 1. The minimum Gasteiger partial charge on any atom is -0.337 e. The molecule has 0 spiro atoms. The second kappa shape index (κ2) is 5.47. The van der Waals surface area contributed by atoms with Crippen molar-refractivity contribution in [2.24, 2.45) is 0 Å². The van der Waals surface area contributed by atoms with Gasteiger partial charge in [0, 0.05) is 6.54 Å². The first-order chi connectivity index (χ1) is 7.56. The molecule has 1 aromatic carbocycles. The van der Waals surface area contributed by atoms with Crippen LogP contribution in [0.25, 0.3) is 0 Å². The van der Waals surface area contributed by atoms with Crippen molar-refractivity contribution in [2.75, 3.05) is 6.54 Å². The number of benzene rings is 1. The Hall–Kier alpha value is -1.60. The highest BCUT2D eigenvalue weighted by Gasteiger charge is 2.13. The molecule has 16 heavy (non-hydrogen) atoms. The number of carbonyl (C=O) groups is 1. The second-order valence-electron chi connectivity index (χ2n) is 2.90. The largest absolute Gasteiger partial charge is 0.337 e. The van der Waals surface area contributed by atoms with Crippen LogP contribution in [0.2, 0.25) is 0 Å². The zero-order valence-corrected chi connectivity index (χ0v) is 9.54. The second-order valence-corrected chi connectivity index (χ2v) is 4.59. The molecular formula is C9H13N3O3S. The molecule has 0 unspecified atom stereocenters. The van der Waals surface area contributed by atoms with Crippen molar-refractivity contribution in [3.05, 3.63) is 30.3 Å². The number of sulfonamides is 1. The molecule has 3 N–H and O–H groups in total. The number of amides is 2. The molecule has 0 aliphatic rings. The molecule has 1 rings (SSSR count). The van der Waals surface area contributed by atoms with Gasteiger partial charge in [0.05, 0.1) is 4.90 Å². The van der Waals surface area contributed by atoms with Crippen LogP contribution in [0.3, 0.4) is 0 Å². The van der Waals surface area contributed by atoms with Crippen LogP contribution in [0.15, 0.2) is 35.2 Å². The van der Waals surface area contributed by atoms with Crippen molar-refractivity contribution < 1.29 is 13.2 Å². The lowest BCUT2D eigenvalue weighted by atomic mass is 10.4. The highest BCUT2D eigenvalue weighted by molar-refractivity contribution is 7.89. The van der Waals surface area contributed by atoms with Gasteiger partial charge < -0.3 is 5.32 Å². The summed E-state index contributed by atoms with van der Waals surface area (Å²) < 4.78 is 23.2. The van der Waals surface area contributed by atoms with E-state index in [0.29, 0.717) is 6.54 Å². The van der Waals surface area contributed by atoms with Gasteiger partial charge in [-0.15, -0.1) is 4.83 Å². The third-order valence-corrected chi connectivity index (χ3v) is 2.95. The van der Waals surface area contributed by atoms with Crippen molar-refractivity contribution in [3.63, 3.8) is 0 Å². The van der Waals surface area contributed by atoms with E-state index in [1.54, 1.807) is 25.1 Å². The van der Waals surface area contributed by atoms with Crippen molar-refractivity contribution in [1.82, 2.24) is 15.6 Å². The van der Waals surface area contributed by atoms with E-state index in [4.69, 9.17) is 0 Å². The maximum atomic E-state index is 11.6. The van der Waals surface area contributed by atoms with Gasteiger partial charge in [-0.25, -0.2) is 13.2 Å². The lowest BCUT2D eigenvalue weighted by Gasteiger charge is -2.08. The maximum absolute atomic E-state index is 11.6. The normalized spacial score (nSPS) is 10.8. The molecule has 0 atom stereocenters. The number of hydrogen-bond donors (Lipinski definition) is 3. The molecule has 1 aromatic rings. The van der Waals surface area contributed by atoms with E-state index >= 15 is 0 Å². The maximum Gasteiger partial charge on any atom is 0.329 e. The Labute approximate surface area is 94.1 Å². The fraction of sp³-hybridized carbons (Fsp3) is 0.222. The first kappa shape index (κ1) is 12.5. The molecule has 7 heteroatoms. The van der Waals surface area contributed by atoms with Crippen LogP contribution in [-0.4, -0.2) is 21.0 Å². The lowest BCUT2D eigenvalue weighted by molar-refractivity contribution is 0.240. The molecule has 0 bridgehead atoms. The smallest absolute Gasteiger partial charge is 0.329 e. The molecule has 2 amide bonds. The van der Waals surface area contributed by atoms with Gasteiger partial charge in [-0.05, 0) is 19.1 Å². The summed E-state index contributed by atoms with van der Waals surface area (Å²) in [6.07, 6.45) is 0. The Morgan fingerprint density at radius 2 is 1.88 bits per heavy atom. The zero-order valence-electron chi connectivity index (χ0n) is 8.73. The predicted octanol–water partition coefficient (Wildman–Crippen LogP) is 0.199. The summed E-state index contributed by atoms with van der Waals surface area (Å²) in [5.74, 6) is 0. The molecule has 0 aliphatic heterocycles. The molecule has 0 saturated heterocycles. The van der Waals surface area contributed by atoms with Gasteiger partial charge >= 0.3 is 6.03 Å². The van der Waals surface area contributed by atoms with Crippen molar-refractivity contribution in [2.45, 2.75) is 11.8 Å². The molecule has 6 nitrogen and oxygen atoms in total. The van der Waals surface area contributed by atoms with E-state index in [-0.39, 0.29) is 4.90 Å². The first-order valence-corrected chi connectivity index (χ1v) is 6.15. The minimum absolute atomic E-state index is 0.0896. The summed E-state index contributed by atoms with van der Waals surface area (Å²) in [6.45, 7) is 2.14. The van der Waals surface area contributed by atoms with Crippen LogP contribution in [0.5, 0.6) is 0 Å². The molecule has 0 aliphatic carbocycles. The van der Waals surface area contributed by atoms with Crippen LogP contribution < -0.4 is 15.6 Å². The molecule has 0 heterocycles. The molecule has 0 radical (unpaired) electrons. The number of nitrogens with one attached hydrogen (secondary N) is 3. The van der Waals surface area contributed by atoms with Gasteiger partial charge in [0.1, 0.15) is 0 Å². The lowest BCUT2D eigenvalue weighted by Crippen LogP contribution is -2.46. The van der Waals surface area contributed by atoms with Crippen LogP contribution >= 0.6 is 0 Å². The van der Waals surface area contributed by atoms with Gasteiger partial charge in [0.2, 0.25) is 0 Å². The van der Waals surface area contributed by atoms with E-state index in [0.717, 1.165) is 0 Å². The quantitative estimate of drug-likeness (QED) is 0.660. The minimum atomic E-state index is -3.70. The van der Waals surface area contributed by atoms with Crippen LogP contribution in [0.1, 0.15) is 6.92 Å². The molecule has 0 saturated carbocycles. The molecule has 0 fully saturated rings. The number of hydrazine groups is 1. The van der Waals surface area contributed by atoms with Gasteiger partial charge in [-0.1, -0.05) is 18.2 Å². The Bertz CT molecular complexity index is 444. The molecule has 88 valence electrons. The van der Waals surface area contributed by atoms with Gasteiger partial charge in [0.25, 0.3) is 10.0 Å². The van der Waals surface area contributed by atoms with Crippen LogP contribution in [0, 0.1) is 0 Å². The standard InChI is InChI=1S/C9H13N3O3S/c1-2-10-9(13)11-12-16(14,15)8-6-4-3-5-7-8/h3-7,12H,2H2,1H3,(H2,10,11,13). The van der Waals surface area contributed by atoms with E-state index in [9.17, 15) is 13.2 Å². The average molecular weight is 243 g/mol. The summed E-state index contributed by atoms with van der Waals surface area (Å²) in [5, 5.41) is 2.39. The molecular weight excluding hydrogens is 230 g/mol. The highest BCUT2D eigenvalue weighted by atomic mass is 32.2. The topological polar surface area (TPSA) is 87.3 Å². The third kappa shape index (κ3) is 3.52. The van der Waals surface area contributed by atoms with Crippen LogP contribution in [-0.2, 0) is 10.0 Å². The highest BCUT2D eigenvalue weighted by Crippen LogP contribution is 2.05. The average Bonchev–Trinajstić information content (AvgIpc) is 2.28. The van der Waals surface area contributed by atoms with E-state index in [2.05, 4.69) is 5.32 Å². The first-order valence-electron chi connectivity index (χ1n) is 4.67. The fourth-order valence-corrected chi connectivity index (χ4v) is 1.84. The van der Waals surface area contributed by atoms with E-state index < -0.39 is 16.1 Å². The number of rotatable bonds is 4. The SMILES string of the molecule is CCNC(=O)NNS(=O)(=O)c1ccccc1. The summed E-state index contributed by atoms with van der Waals surface area (Å²) >= 11 is 0. The van der Waals surface area contributed by atoms with Crippen molar-refractivity contribution in [1.29, 1.82) is 0 Å². The third-order valence-electron chi connectivity index (χ3n) is 1.69. The molecule has 0 aromatic heterocycles. The van der Waals surface area contributed by atoms with Gasteiger partial charge in [-0.2, -0.15) is 0 Å². The summed E-state index contributed by atoms with van der Waals surface area (Å²) in [6, 6.07) is 7.17. The summed E-state index contributed by atoms with van der Waals surface area (Å²) in [7, 11) is -3.70. The number of urea groups is 1. The summed E-state index contributed by atoms with van der Waals surface area (Å²) in [4.78, 5) is 13.0. The Kier molecular flexibility index (Phi) is 4.27. The summed E-state index contributed by atoms with van der Waals surface area (Å²) in [5.41, 5.74) is 2.03. The Morgan fingerprint density at radius 1 is 1.25 bits per heavy atom. The Balaban J connectivity index is 2.64. The van der Waals surface area contributed by atoms with Gasteiger partial charge in [0.15, 0.2) is 0 Å². The van der Waals surface area contributed by atoms with E-state index in [1.807, 2.05) is 10.3 Å². The monoisotopic (exact) mass is 243 g/mol. The Morgan fingerprint density at radius 3 is 2.44 bits per heavy atom. The van der Waals surface area contributed by atoms with E-state index in [1.165, 1.54) is 12.1 Å². The fourth-order valence-electron chi connectivity index (χ4n) is 0.977. The predicted molar refractivity (Wildman–Crippen MR) is 59.0 cm³/mol. The number of hydrogen-bond acceptors (Lipinski definition) is 3. The zero-order chi connectivity index (χ0) is 12.0. The van der Waals surface area contributed by atoms with Crippen molar-refractivity contribution in [3.8, 4) is 0 Å².